The van der Waals surface area contributed by atoms with Crippen LogP contribution in [0.4, 0.5) is 11.5 Å². The molecule has 3 rings (SSSR count). The van der Waals surface area contributed by atoms with E-state index in [1.54, 1.807) is 29.9 Å². The molecule has 0 bridgehead atoms. The Labute approximate surface area is 163 Å². The van der Waals surface area contributed by atoms with E-state index in [1.165, 1.54) is 10.9 Å². The largest absolute Gasteiger partial charge is 0.320 e. The minimum absolute atomic E-state index is 0.0935. The number of nitrogens with zero attached hydrogens (tertiary/aromatic N) is 5. The van der Waals surface area contributed by atoms with Crippen molar-refractivity contribution in [2.24, 2.45) is 0 Å². The molecule has 1 amide bonds. The Balaban J connectivity index is 1.79. The van der Waals surface area contributed by atoms with Gasteiger partial charge in [-0.1, -0.05) is 35.3 Å². The molecule has 3 aromatic rings. The maximum atomic E-state index is 12.4. The molecule has 1 N–H and O–H groups in total. The lowest BCUT2D eigenvalue weighted by atomic mass is 10.2. The van der Waals surface area contributed by atoms with Gasteiger partial charge in [0, 0.05) is 17.8 Å². The van der Waals surface area contributed by atoms with Gasteiger partial charge in [0.15, 0.2) is 5.82 Å². The number of anilines is 1. The van der Waals surface area contributed by atoms with Crippen molar-refractivity contribution in [3.8, 4) is 0 Å². The van der Waals surface area contributed by atoms with Crippen LogP contribution in [-0.4, -0.2) is 30.4 Å². The quantitative estimate of drug-likeness (QED) is 0.494. The molecule has 0 atom stereocenters. The molecule has 0 unspecified atom stereocenters. The van der Waals surface area contributed by atoms with Crippen LogP contribution in [0, 0.1) is 10.1 Å². The van der Waals surface area contributed by atoms with Gasteiger partial charge in [0.25, 0.3) is 5.91 Å². The Hall–Kier alpha value is -2.91. The molecule has 0 fully saturated rings. The van der Waals surface area contributed by atoms with Gasteiger partial charge in [-0.05, 0) is 24.6 Å². The third-order valence-corrected chi connectivity index (χ3v) is 4.21. The fourth-order valence-electron chi connectivity index (χ4n) is 2.37. The monoisotopic (exact) mass is 408 g/mol. The van der Waals surface area contributed by atoms with Crippen LogP contribution >= 0.6 is 23.2 Å². The molecule has 0 spiro atoms. The number of halogens is 2. The lowest BCUT2D eigenvalue weighted by Crippen LogP contribution is -2.15. The summed E-state index contributed by atoms with van der Waals surface area (Å²) in [6, 6.07) is 7.20. The number of nitro groups is 1. The zero-order valence-electron chi connectivity index (χ0n) is 14.1. The number of rotatable bonds is 6. The van der Waals surface area contributed by atoms with Gasteiger partial charge in [-0.25, -0.2) is 0 Å². The molecule has 2 aromatic heterocycles. The number of nitrogens with one attached hydrogen (secondary N) is 1. The van der Waals surface area contributed by atoms with Crippen molar-refractivity contribution < 1.29 is 9.72 Å². The maximum absolute atomic E-state index is 12.4. The van der Waals surface area contributed by atoms with E-state index in [0.29, 0.717) is 18.1 Å². The van der Waals surface area contributed by atoms with Crippen molar-refractivity contribution in [2.75, 3.05) is 5.32 Å². The summed E-state index contributed by atoms with van der Waals surface area (Å²) in [5, 5.41) is 22.6. The summed E-state index contributed by atoms with van der Waals surface area (Å²) < 4.78 is 2.86. The predicted octanol–water partition coefficient (Wildman–Crippen LogP) is 3.62. The van der Waals surface area contributed by atoms with Crippen LogP contribution in [-0.2, 0) is 13.1 Å². The first-order valence-corrected chi connectivity index (χ1v) is 8.63. The SMILES string of the molecule is CCn1cc([N+](=O)[O-])c(C(=O)Nc2nn(Cc3ccc(Cl)cc3)cc2Cl)n1. The molecule has 0 aliphatic rings. The van der Waals surface area contributed by atoms with Crippen LogP contribution in [0.15, 0.2) is 36.7 Å². The van der Waals surface area contributed by atoms with E-state index in [0.717, 1.165) is 5.56 Å². The number of carbonyl (C=O) groups excluding carboxylic acids is 1. The minimum Gasteiger partial charge on any atom is -0.302 e. The van der Waals surface area contributed by atoms with E-state index >= 15 is 0 Å². The molecule has 2 heterocycles. The van der Waals surface area contributed by atoms with Crippen LogP contribution in [0.5, 0.6) is 0 Å². The Morgan fingerprint density at radius 1 is 1.19 bits per heavy atom. The first kappa shape index (κ1) is 18.9. The van der Waals surface area contributed by atoms with Crippen LogP contribution in [0.25, 0.3) is 0 Å². The highest BCUT2D eigenvalue weighted by Gasteiger charge is 2.26. The topological polar surface area (TPSA) is 108 Å². The first-order valence-electron chi connectivity index (χ1n) is 7.88. The van der Waals surface area contributed by atoms with E-state index < -0.39 is 10.8 Å². The molecule has 0 aliphatic heterocycles. The van der Waals surface area contributed by atoms with Gasteiger partial charge in [-0.3, -0.25) is 24.3 Å². The molecule has 140 valence electrons. The minimum atomic E-state index is -0.757. The Morgan fingerprint density at radius 3 is 2.52 bits per heavy atom. The highest BCUT2D eigenvalue weighted by molar-refractivity contribution is 6.33. The van der Waals surface area contributed by atoms with Crippen molar-refractivity contribution in [3.05, 3.63) is 68.1 Å². The number of carbonyl (C=O) groups is 1. The molecule has 11 heteroatoms. The molecule has 1 aromatic carbocycles. The number of hydrogen-bond acceptors (Lipinski definition) is 5. The number of hydrogen-bond donors (Lipinski definition) is 1. The smallest absolute Gasteiger partial charge is 0.302 e. The molecule has 0 saturated carbocycles. The second kappa shape index (κ2) is 7.77. The van der Waals surface area contributed by atoms with Crippen LogP contribution in [0.2, 0.25) is 10.0 Å². The van der Waals surface area contributed by atoms with Gasteiger partial charge >= 0.3 is 5.69 Å². The fourth-order valence-corrected chi connectivity index (χ4v) is 2.70. The summed E-state index contributed by atoms with van der Waals surface area (Å²) in [7, 11) is 0. The normalized spacial score (nSPS) is 10.8. The summed E-state index contributed by atoms with van der Waals surface area (Å²) in [5.41, 5.74) is 0.255. The Bertz CT molecular complexity index is 996. The van der Waals surface area contributed by atoms with Crippen LogP contribution in [0.1, 0.15) is 23.0 Å². The van der Waals surface area contributed by atoms with E-state index in [1.807, 2.05) is 12.1 Å². The summed E-state index contributed by atoms with van der Waals surface area (Å²) in [5.74, 6) is -0.663. The van der Waals surface area contributed by atoms with Gasteiger partial charge in [-0.2, -0.15) is 10.2 Å². The highest BCUT2D eigenvalue weighted by atomic mass is 35.5. The van der Waals surface area contributed by atoms with Crippen molar-refractivity contribution in [1.82, 2.24) is 19.6 Å². The molecule has 0 saturated heterocycles. The van der Waals surface area contributed by atoms with Crippen molar-refractivity contribution in [1.29, 1.82) is 0 Å². The highest BCUT2D eigenvalue weighted by Crippen LogP contribution is 2.23. The predicted molar refractivity (Wildman–Crippen MR) is 100 cm³/mol. The average Bonchev–Trinajstić information content (AvgIpc) is 3.21. The summed E-state index contributed by atoms with van der Waals surface area (Å²) in [6.45, 7) is 2.57. The zero-order chi connectivity index (χ0) is 19.6. The van der Waals surface area contributed by atoms with Gasteiger partial charge in [0.1, 0.15) is 11.2 Å². The van der Waals surface area contributed by atoms with Crippen molar-refractivity contribution in [2.45, 2.75) is 20.0 Å². The Morgan fingerprint density at radius 2 is 1.89 bits per heavy atom. The number of aromatic nitrogens is 4. The molecule has 0 aliphatic carbocycles. The maximum Gasteiger partial charge on any atom is 0.320 e. The zero-order valence-corrected chi connectivity index (χ0v) is 15.6. The van der Waals surface area contributed by atoms with E-state index in [4.69, 9.17) is 23.2 Å². The molecular weight excluding hydrogens is 395 g/mol. The van der Waals surface area contributed by atoms with Crippen molar-refractivity contribution >= 4 is 40.6 Å². The second-order valence-corrected chi connectivity index (χ2v) is 6.42. The van der Waals surface area contributed by atoms with Crippen LogP contribution in [0.3, 0.4) is 0 Å². The summed E-state index contributed by atoms with van der Waals surface area (Å²) in [4.78, 5) is 22.9. The molecule has 0 radical (unpaired) electrons. The van der Waals surface area contributed by atoms with Gasteiger partial charge < -0.3 is 5.32 Å². The lowest BCUT2D eigenvalue weighted by Gasteiger charge is -2.02. The summed E-state index contributed by atoms with van der Waals surface area (Å²) in [6.07, 6.45) is 2.75. The van der Waals surface area contributed by atoms with Gasteiger partial charge in [-0.15, -0.1) is 0 Å². The molecule has 27 heavy (non-hydrogen) atoms. The molecule has 9 nitrogen and oxygen atoms in total. The van der Waals surface area contributed by atoms with Gasteiger partial charge in [0.05, 0.1) is 11.5 Å². The number of amides is 1. The second-order valence-electron chi connectivity index (χ2n) is 5.58. The van der Waals surface area contributed by atoms with E-state index in [-0.39, 0.29) is 22.2 Å². The van der Waals surface area contributed by atoms with Gasteiger partial charge in [0.2, 0.25) is 5.69 Å². The fraction of sp³-hybridized carbons (Fsp3) is 0.188. The summed E-state index contributed by atoms with van der Waals surface area (Å²) >= 11 is 12.0. The third kappa shape index (κ3) is 4.26. The molecular formula is C16H14Cl2N6O3. The van der Waals surface area contributed by atoms with E-state index in [9.17, 15) is 14.9 Å². The van der Waals surface area contributed by atoms with Crippen molar-refractivity contribution in [3.63, 3.8) is 0 Å². The third-order valence-electron chi connectivity index (χ3n) is 3.68. The van der Waals surface area contributed by atoms with E-state index in [2.05, 4.69) is 15.5 Å². The number of benzene rings is 1. The Kier molecular flexibility index (Phi) is 5.43. The lowest BCUT2D eigenvalue weighted by molar-refractivity contribution is -0.385. The van der Waals surface area contributed by atoms with Crippen LogP contribution < -0.4 is 5.32 Å². The first-order chi connectivity index (χ1) is 12.9. The number of aryl methyl sites for hydroxylation is 1. The average molecular weight is 409 g/mol. The standard InChI is InChI=1S/C16H14Cl2N6O3/c1-2-22-9-13(24(26)27)14(20-22)16(25)19-15-12(18)8-23(21-15)7-10-3-5-11(17)6-4-10/h3-6,8-9H,2,7H2,1H3,(H,19,21,25).